The molecule has 0 fully saturated rings. The fourth-order valence-corrected chi connectivity index (χ4v) is 3.03. The van der Waals surface area contributed by atoms with Crippen LogP contribution in [0, 0.1) is 6.92 Å². The third kappa shape index (κ3) is 4.96. The number of aromatic nitrogens is 3. The van der Waals surface area contributed by atoms with Crippen molar-refractivity contribution in [3.8, 4) is 17.1 Å². The molecule has 7 heteroatoms. The maximum absolute atomic E-state index is 12.7. The minimum absolute atomic E-state index is 0.131. The number of H-pyrrole nitrogens is 1. The number of rotatable bonds is 7. The molecule has 2 heterocycles. The quantitative estimate of drug-likeness (QED) is 0.423. The molecule has 0 saturated carbocycles. The van der Waals surface area contributed by atoms with E-state index in [0.29, 0.717) is 35.1 Å². The number of amides is 1. The zero-order valence-electron chi connectivity index (χ0n) is 17.0. The number of aliphatic hydroxyl groups is 1. The van der Waals surface area contributed by atoms with Gasteiger partial charge in [0.1, 0.15) is 18.2 Å². The van der Waals surface area contributed by atoms with Gasteiger partial charge in [-0.3, -0.25) is 9.78 Å². The van der Waals surface area contributed by atoms with E-state index < -0.39 is 0 Å². The molecule has 0 unspecified atom stereocenters. The molecular weight excluding hydrogens is 392 g/mol. The Labute approximate surface area is 179 Å². The van der Waals surface area contributed by atoms with Crippen LogP contribution in [-0.2, 0) is 13.2 Å². The molecule has 0 radical (unpaired) electrons. The number of aryl methyl sites for hydroxylation is 1. The monoisotopic (exact) mass is 414 g/mol. The molecule has 156 valence electrons. The number of nitrogens with zero attached hydrogens (tertiary/aromatic N) is 2. The van der Waals surface area contributed by atoms with E-state index in [4.69, 9.17) is 4.74 Å². The maximum Gasteiger partial charge on any atom is 0.255 e. The number of hydrogen-bond acceptors (Lipinski definition) is 5. The Balaban J connectivity index is 1.43. The Kier molecular flexibility index (Phi) is 6.05. The number of aromatic amines is 1. The van der Waals surface area contributed by atoms with Crippen molar-refractivity contribution >= 4 is 11.6 Å². The summed E-state index contributed by atoms with van der Waals surface area (Å²) in [7, 11) is 0. The van der Waals surface area contributed by atoms with Crippen molar-refractivity contribution in [2.75, 3.05) is 5.32 Å². The summed E-state index contributed by atoms with van der Waals surface area (Å²) in [6.45, 7) is 2.16. The van der Waals surface area contributed by atoms with Crippen molar-refractivity contribution in [1.29, 1.82) is 0 Å². The molecule has 2 aromatic heterocycles. The van der Waals surface area contributed by atoms with Gasteiger partial charge in [-0.2, -0.15) is 0 Å². The molecule has 0 bridgehead atoms. The summed E-state index contributed by atoms with van der Waals surface area (Å²) >= 11 is 0. The molecule has 0 spiro atoms. The molecule has 0 aliphatic heterocycles. The summed E-state index contributed by atoms with van der Waals surface area (Å²) in [6.07, 6.45) is 3.38. The van der Waals surface area contributed by atoms with Crippen LogP contribution in [0.2, 0.25) is 0 Å². The predicted octanol–water partition coefficient (Wildman–Crippen LogP) is 4.10. The third-order valence-electron chi connectivity index (χ3n) is 4.78. The predicted molar refractivity (Wildman–Crippen MR) is 118 cm³/mol. The van der Waals surface area contributed by atoms with Crippen molar-refractivity contribution in [1.82, 2.24) is 15.0 Å². The van der Waals surface area contributed by atoms with Crippen molar-refractivity contribution in [3.63, 3.8) is 0 Å². The van der Waals surface area contributed by atoms with E-state index in [-0.39, 0.29) is 12.5 Å². The number of anilines is 1. The molecule has 0 aliphatic carbocycles. The Morgan fingerprint density at radius 3 is 2.65 bits per heavy atom. The standard InChI is InChI=1S/C24H22N4O3/c1-16-5-6-18(23-26-13-20(14-29)27-23)12-22(16)28-24(30)17-7-9-21(10-8-17)31-15-19-4-2-3-11-25-19/h2-13,29H,14-15H2,1H3,(H,26,27)(H,28,30). The second kappa shape index (κ2) is 9.23. The van der Waals surface area contributed by atoms with Gasteiger partial charge < -0.3 is 20.1 Å². The largest absolute Gasteiger partial charge is 0.487 e. The second-order valence-electron chi connectivity index (χ2n) is 7.02. The van der Waals surface area contributed by atoms with Crippen molar-refractivity contribution in [2.45, 2.75) is 20.1 Å². The number of hydrogen-bond donors (Lipinski definition) is 3. The molecule has 3 N–H and O–H groups in total. The van der Waals surface area contributed by atoms with E-state index in [1.807, 2.05) is 43.3 Å². The number of carbonyl (C=O) groups is 1. The first-order chi connectivity index (χ1) is 15.1. The lowest BCUT2D eigenvalue weighted by Gasteiger charge is -2.11. The Morgan fingerprint density at radius 2 is 1.94 bits per heavy atom. The van der Waals surface area contributed by atoms with Crippen LogP contribution in [0.3, 0.4) is 0 Å². The summed E-state index contributed by atoms with van der Waals surface area (Å²) in [5.74, 6) is 1.08. The summed E-state index contributed by atoms with van der Waals surface area (Å²) in [4.78, 5) is 24.3. The van der Waals surface area contributed by atoms with Crippen LogP contribution in [-0.4, -0.2) is 26.0 Å². The average Bonchev–Trinajstić information content (AvgIpc) is 3.29. The highest BCUT2D eigenvalue weighted by molar-refractivity contribution is 6.05. The molecule has 4 aromatic rings. The molecule has 7 nitrogen and oxygen atoms in total. The third-order valence-corrected chi connectivity index (χ3v) is 4.78. The van der Waals surface area contributed by atoms with Crippen LogP contribution < -0.4 is 10.1 Å². The zero-order valence-corrected chi connectivity index (χ0v) is 17.0. The summed E-state index contributed by atoms with van der Waals surface area (Å²) in [6, 6.07) is 18.3. The van der Waals surface area contributed by atoms with E-state index in [1.54, 1.807) is 36.7 Å². The lowest BCUT2D eigenvalue weighted by molar-refractivity contribution is 0.102. The smallest absolute Gasteiger partial charge is 0.255 e. The van der Waals surface area contributed by atoms with Gasteiger partial charge in [-0.1, -0.05) is 18.2 Å². The van der Waals surface area contributed by atoms with Gasteiger partial charge in [-0.15, -0.1) is 0 Å². The Bertz CT molecular complexity index is 1170. The number of carbonyl (C=O) groups excluding carboxylic acids is 1. The number of ether oxygens (including phenoxy) is 1. The number of imidazole rings is 1. The molecular formula is C24H22N4O3. The first-order valence-corrected chi connectivity index (χ1v) is 9.82. The molecule has 4 rings (SSSR count). The number of benzene rings is 2. The van der Waals surface area contributed by atoms with Gasteiger partial charge >= 0.3 is 0 Å². The van der Waals surface area contributed by atoms with Crippen LogP contribution in [0.4, 0.5) is 5.69 Å². The zero-order chi connectivity index (χ0) is 21.6. The van der Waals surface area contributed by atoms with Crippen LogP contribution in [0.25, 0.3) is 11.4 Å². The van der Waals surface area contributed by atoms with E-state index in [1.165, 1.54) is 0 Å². The number of nitrogens with one attached hydrogen (secondary N) is 2. The summed E-state index contributed by atoms with van der Waals surface area (Å²) < 4.78 is 5.72. The molecule has 0 atom stereocenters. The van der Waals surface area contributed by atoms with Crippen molar-refractivity contribution < 1.29 is 14.6 Å². The lowest BCUT2D eigenvalue weighted by atomic mass is 10.1. The van der Waals surface area contributed by atoms with Crippen molar-refractivity contribution in [3.05, 3.63) is 95.6 Å². The molecule has 2 aromatic carbocycles. The van der Waals surface area contributed by atoms with Gasteiger partial charge in [0.25, 0.3) is 5.91 Å². The van der Waals surface area contributed by atoms with Gasteiger partial charge in [0.15, 0.2) is 0 Å². The Hall–Kier alpha value is -3.97. The van der Waals surface area contributed by atoms with E-state index in [9.17, 15) is 9.90 Å². The van der Waals surface area contributed by atoms with Crippen LogP contribution in [0.15, 0.2) is 73.1 Å². The van der Waals surface area contributed by atoms with E-state index >= 15 is 0 Å². The van der Waals surface area contributed by atoms with Gasteiger partial charge in [-0.05, 0) is 55.0 Å². The fraction of sp³-hybridized carbons (Fsp3) is 0.125. The highest BCUT2D eigenvalue weighted by Gasteiger charge is 2.11. The number of aliphatic hydroxyl groups excluding tert-OH is 1. The second-order valence-corrected chi connectivity index (χ2v) is 7.02. The van der Waals surface area contributed by atoms with Crippen molar-refractivity contribution in [2.24, 2.45) is 0 Å². The minimum atomic E-state index is -0.216. The molecule has 1 amide bonds. The van der Waals surface area contributed by atoms with Gasteiger partial charge in [0.05, 0.1) is 18.0 Å². The number of pyridine rings is 1. The molecule has 0 saturated heterocycles. The maximum atomic E-state index is 12.7. The van der Waals surface area contributed by atoms with E-state index in [2.05, 4.69) is 20.3 Å². The lowest BCUT2D eigenvalue weighted by Crippen LogP contribution is -2.12. The fourth-order valence-electron chi connectivity index (χ4n) is 3.03. The first kappa shape index (κ1) is 20.3. The SMILES string of the molecule is Cc1ccc(-c2nc(CO)c[nH]2)cc1NC(=O)c1ccc(OCc2ccccn2)cc1. The van der Waals surface area contributed by atoms with Crippen LogP contribution in [0.5, 0.6) is 5.75 Å². The van der Waals surface area contributed by atoms with Gasteiger partial charge in [0, 0.05) is 29.2 Å². The highest BCUT2D eigenvalue weighted by Crippen LogP contribution is 2.24. The van der Waals surface area contributed by atoms with Crippen LogP contribution in [0.1, 0.15) is 27.3 Å². The van der Waals surface area contributed by atoms with Gasteiger partial charge in [-0.25, -0.2) is 4.98 Å². The summed E-state index contributed by atoms with van der Waals surface area (Å²) in [5, 5.41) is 12.2. The van der Waals surface area contributed by atoms with Crippen LogP contribution >= 0.6 is 0 Å². The topological polar surface area (TPSA) is 100 Å². The first-order valence-electron chi connectivity index (χ1n) is 9.82. The minimum Gasteiger partial charge on any atom is -0.487 e. The highest BCUT2D eigenvalue weighted by atomic mass is 16.5. The van der Waals surface area contributed by atoms with Gasteiger partial charge in [0.2, 0.25) is 0 Å². The van der Waals surface area contributed by atoms with E-state index in [0.717, 1.165) is 16.8 Å². The Morgan fingerprint density at radius 1 is 1.10 bits per heavy atom. The summed E-state index contributed by atoms with van der Waals surface area (Å²) in [5.41, 5.74) is 4.37. The average molecular weight is 414 g/mol. The molecule has 0 aliphatic rings. The normalized spacial score (nSPS) is 10.6. The molecule has 31 heavy (non-hydrogen) atoms.